The van der Waals surface area contributed by atoms with Crippen molar-refractivity contribution in [1.82, 2.24) is 5.32 Å². The SMILES string of the molecule is CC[C@H](C)[C@H](NC(=O)c1cc([N+](=O)[O-])c(C)s1)C(=O)OC. The second-order valence-electron chi connectivity index (χ2n) is 4.67. The van der Waals surface area contributed by atoms with E-state index in [4.69, 9.17) is 0 Å². The fourth-order valence-electron chi connectivity index (χ4n) is 1.77. The van der Waals surface area contributed by atoms with Crippen LogP contribution in [0.4, 0.5) is 5.69 Å². The molecule has 0 saturated heterocycles. The molecule has 0 radical (unpaired) electrons. The first kappa shape index (κ1) is 17.1. The molecule has 0 fully saturated rings. The number of thiophene rings is 1. The van der Waals surface area contributed by atoms with E-state index in [1.54, 1.807) is 6.92 Å². The molecule has 1 heterocycles. The third-order valence-electron chi connectivity index (χ3n) is 3.27. The number of nitrogens with zero attached hydrogens (tertiary/aromatic N) is 1. The van der Waals surface area contributed by atoms with Gasteiger partial charge in [-0.05, 0) is 12.8 Å². The average Bonchev–Trinajstić information content (AvgIpc) is 2.85. The number of hydrogen-bond donors (Lipinski definition) is 1. The Morgan fingerprint density at radius 1 is 1.52 bits per heavy atom. The lowest BCUT2D eigenvalue weighted by Crippen LogP contribution is -2.45. The summed E-state index contributed by atoms with van der Waals surface area (Å²) in [6, 6.07) is 0.453. The normalized spacial score (nSPS) is 13.3. The van der Waals surface area contributed by atoms with Crippen LogP contribution in [0.1, 0.15) is 34.8 Å². The van der Waals surface area contributed by atoms with E-state index in [-0.39, 0.29) is 16.5 Å². The van der Waals surface area contributed by atoms with Crippen LogP contribution in [-0.4, -0.2) is 30.0 Å². The Morgan fingerprint density at radius 3 is 2.57 bits per heavy atom. The molecule has 1 aromatic rings. The molecule has 0 aliphatic rings. The van der Waals surface area contributed by atoms with Gasteiger partial charge in [0.05, 0.1) is 21.8 Å². The maximum atomic E-state index is 12.2. The van der Waals surface area contributed by atoms with Gasteiger partial charge in [0.15, 0.2) is 0 Å². The molecule has 21 heavy (non-hydrogen) atoms. The molecule has 7 nitrogen and oxygen atoms in total. The molecule has 2 atom stereocenters. The van der Waals surface area contributed by atoms with Crippen LogP contribution in [0.25, 0.3) is 0 Å². The number of nitrogens with one attached hydrogen (secondary N) is 1. The largest absolute Gasteiger partial charge is 0.467 e. The monoisotopic (exact) mass is 314 g/mol. The van der Waals surface area contributed by atoms with Crippen LogP contribution in [0, 0.1) is 23.0 Å². The Balaban J connectivity index is 2.94. The van der Waals surface area contributed by atoms with E-state index in [2.05, 4.69) is 10.1 Å². The smallest absolute Gasteiger partial charge is 0.328 e. The van der Waals surface area contributed by atoms with Gasteiger partial charge in [0.25, 0.3) is 11.6 Å². The van der Waals surface area contributed by atoms with Gasteiger partial charge in [-0.2, -0.15) is 0 Å². The lowest BCUT2D eigenvalue weighted by atomic mass is 9.99. The summed E-state index contributed by atoms with van der Waals surface area (Å²) < 4.78 is 4.68. The van der Waals surface area contributed by atoms with Crippen molar-refractivity contribution in [3.05, 3.63) is 25.9 Å². The van der Waals surface area contributed by atoms with Gasteiger partial charge in [-0.15, -0.1) is 11.3 Å². The van der Waals surface area contributed by atoms with E-state index in [0.717, 1.165) is 11.3 Å². The first-order chi connectivity index (χ1) is 9.81. The number of ether oxygens (including phenoxy) is 1. The van der Waals surface area contributed by atoms with Crippen LogP contribution in [0.15, 0.2) is 6.07 Å². The Labute approximate surface area is 126 Å². The van der Waals surface area contributed by atoms with Crippen LogP contribution in [-0.2, 0) is 9.53 Å². The predicted molar refractivity (Wildman–Crippen MR) is 78.4 cm³/mol. The zero-order valence-electron chi connectivity index (χ0n) is 12.3. The molecule has 0 unspecified atom stereocenters. The van der Waals surface area contributed by atoms with Crippen LogP contribution in [0.2, 0.25) is 0 Å². The van der Waals surface area contributed by atoms with Crippen LogP contribution < -0.4 is 5.32 Å². The number of esters is 1. The van der Waals surface area contributed by atoms with Crippen molar-refractivity contribution in [2.45, 2.75) is 33.2 Å². The van der Waals surface area contributed by atoms with E-state index >= 15 is 0 Å². The molecule has 1 amide bonds. The molecule has 0 aliphatic heterocycles. The summed E-state index contributed by atoms with van der Waals surface area (Å²) in [5, 5.41) is 13.4. The summed E-state index contributed by atoms with van der Waals surface area (Å²) in [5.74, 6) is -1.13. The minimum atomic E-state index is -0.769. The number of carbonyl (C=O) groups is 2. The summed E-state index contributed by atoms with van der Waals surface area (Å²) in [5.41, 5.74) is -0.0942. The number of aryl methyl sites for hydroxylation is 1. The van der Waals surface area contributed by atoms with Crippen molar-refractivity contribution < 1.29 is 19.2 Å². The molecule has 0 bridgehead atoms. The minimum Gasteiger partial charge on any atom is -0.467 e. The van der Waals surface area contributed by atoms with Gasteiger partial charge in [-0.3, -0.25) is 14.9 Å². The number of hydrogen-bond acceptors (Lipinski definition) is 6. The van der Waals surface area contributed by atoms with Crippen LogP contribution in [0.3, 0.4) is 0 Å². The van der Waals surface area contributed by atoms with Gasteiger partial charge < -0.3 is 10.1 Å². The first-order valence-corrected chi connectivity index (χ1v) is 7.26. The van der Waals surface area contributed by atoms with Gasteiger partial charge in [0.2, 0.25) is 0 Å². The quantitative estimate of drug-likeness (QED) is 0.493. The molecule has 116 valence electrons. The van der Waals surface area contributed by atoms with Crippen LogP contribution in [0.5, 0.6) is 0 Å². The maximum absolute atomic E-state index is 12.2. The van der Waals surface area contributed by atoms with Crippen molar-refractivity contribution >= 4 is 28.9 Å². The Bertz CT molecular complexity index is 555. The number of methoxy groups -OCH3 is 1. The lowest BCUT2D eigenvalue weighted by Gasteiger charge is -2.21. The molecule has 0 spiro atoms. The fraction of sp³-hybridized carbons (Fsp3) is 0.538. The van der Waals surface area contributed by atoms with Gasteiger partial charge in [-0.1, -0.05) is 20.3 Å². The molecule has 1 rings (SSSR count). The highest BCUT2D eigenvalue weighted by Crippen LogP contribution is 2.28. The van der Waals surface area contributed by atoms with E-state index < -0.39 is 22.8 Å². The maximum Gasteiger partial charge on any atom is 0.328 e. The number of rotatable bonds is 6. The number of carbonyl (C=O) groups excluding carboxylic acids is 2. The van der Waals surface area contributed by atoms with Crippen molar-refractivity contribution in [2.24, 2.45) is 5.92 Å². The fourth-order valence-corrected chi connectivity index (χ4v) is 2.66. The van der Waals surface area contributed by atoms with E-state index in [1.165, 1.54) is 13.2 Å². The Kier molecular flexibility index (Phi) is 5.83. The molecule has 1 N–H and O–H groups in total. The van der Waals surface area contributed by atoms with E-state index in [1.807, 2.05) is 13.8 Å². The number of nitro groups is 1. The van der Waals surface area contributed by atoms with E-state index in [9.17, 15) is 19.7 Å². The minimum absolute atomic E-state index is 0.0942. The molecule has 8 heteroatoms. The zero-order chi connectivity index (χ0) is 16.2. The van der Waals surface area contributed by atoms with Crippen molar-refractivity contribution in [3.8, 4) is 0 Å². The lowest BCUT2D eigenvalue weighted by molar-refractivity contribution is -0.385. The van der Waals surface area contributed by atoms with Crippen molar-refractivity contribution in [2.75, 3.05) is 7.11 Å². The molecule has 1 aromatic heterocycles. The summed E-state index contributed by atoms with van der Waals surface area (Å²) >= 11 is 1.03. The Morgan fingerprint density at radius 2 is 2.14 bits per heavy atom. The number of amides is 1. The zero-order valence-corrected chi connectivity index (χ0v) is 13.2. The second kappa shape index (κ2) is 7.16. The summed E-state index contributed by atoms with van der Waals surface area (Å²) in [7, 11) is 1.25. The van der Waals surface area contributed by atoms with Gasteiger partial charge >= 0.3 is 5.97 Å². The van der Waals surface area contributed by atoms with Crippen molar-refractivity contribution in [3.63, 3.8) is 0 Å². The highest BCUT2D eigenvalue weighted by molar-refractivity contribution is 7.14. The van der Waals surface area contributed by atoms with Gasteiger partial charge in [-0.25, -0.2) is 4.79 Å². The summed E-state index contributed by atoms with van der Waals surface area (Å²) in [4.78, 5) is 34.8. The summed E-state index contributed by atoms with van der Waals surface area (Å²) in [6.07, 6.45) is 0.684. The highest BCUT2D eigenvalue weighted by atomic mass is 32.1. The third kappa shape index (κ3) is 4.01. The molecule has 0 aliphatic carbocycles. The Hall–Kier alpha value is -1.96. The van der Waals surface area contributed by atoms with Crippen LogP contribution >= 0.6 is 11.3 Å². The molecular weight excluding hydrogens is 296 g/mol. The average molecular weight is 314 g/mol. The second-order valence-corrected chi connectivity index (χ2v) is 5.93. The van der Waals surface area contributed by atoms with E-state index in [0.29, 0.717) is 11.3 Å². The first-order valence-electron chi connectivity index (χ1n) is 6.45. The van der Waals surface area contributed by atoms with Gasteiger partial charge in [0.1, 0.15) is 6.04 Å². The van der Waals surface area contributed by atoms with Gasteiger partial charge in [0, 0.05) is 6.07 Å². The molecule has 0 saturated carbocycles. The standard InChI is InChI=1S/C13H18N2O5S/c1-5-7(2)11(13(17)20-4)14-12(16)10-6-9(15(18)19)8(3)21-10/h6-7,11H,5H2,1-4H3,(H,14,16)/t7-,11-/m0/s1. The predicted octanol–water partition coefficient (Wildman–Crippen LogP) is 2.28. The molecule has 0 aromatic carbocycles. The summed E-state index contributed by atoms with van der Waals surface area (Å²) in [6.45, 7) is 5.29. The highest BCUT2D eigenvalue weighted by Gasteiger charge is 2.28. The van der Waals surface area contributed by atoms with Crippen molar-refractivity contribution in [1.29, 1.82) is 0 Å². The topological polar surface area (TPSA) is 98.5 Å². The molecular formula is C13H18N2O5S. The third-order valence-corrected chi connectivity index (χ3v) is 4.31.